The van der Waals surface area contributed by atoms with E-state index >= 15 is 0 Å². The van der Waals surface area contributed by atoms with Gasteiger partial charge in [0, 0.05) is 5.69 Å². The maximum atomic E-state index is 14.3. The van der Waals surface area contributed by atoms with Gasteiger partial charge in [-0.15, -0.1) is 0 Å². The highest BCUT2D eigenvalue weighted by molar-refractivity contribution is 6.08. The van der Waals surface area contributed by atoms with Crippen molar-refractivity contribution in [2.24, 2.45) is 0 Å². The smallest absolute Gasteiger partial charge is 0.241 e. The minimum atomic E-state index is -1.18. The Bertz CT molecular complexity index is 1130. The molecule has 33 heavy (non-hydrogen) atoms. The summed E-state index contributed by atoms with van der Waals surface area (Å²) in [7, 11) is 0. The summed E-state index contributed by atoms with van der Waals surface area (Å²) in [5, 5.41) is 11.8. The number of benzene rings is 3. The standard InChI is InChI=1S/C28H29NO4/c1-27(2)32-19-24(33-27)25(30)28(17-20-11-5-3-6-12-20)22-15-9-10-16-23(22)29(26(28)31)18-21-13-7-4-8-14-21/h3-16,24-25,30H,17-19H2,1-2H3/t24-,25-,28+/m1/s1. The molecule has 0 aliphatic carbocycles. The molecule has 1 N–H and O–H groups in total. The van der Waals surface area contributed by atoms with Gasteiger partial charge in [0.25, 0.3) is 0 Å². The Kier molecular flexibility index (Phi) is 5.57. The van der Waals surface area contributed by atoms with Gasteiger partial charge in [-0.25, -0.2) is 0 Å². The van der Waals surface area contributed by atoms with E-state index in [9.17, 15) is 9.90 Å². The number of rotatable bonds is 6. The molecule has 0 aromatic heterocycles. The van der Waals surface area contributed by atoms with Crippen LogP contribution in [0.3, 0.4) is 0 Å². The van der Waals surface area contributed by atoms with Gasteiger partial charge in [0.2, 0.25) is 5.91 Å². The van der Waals surface area contributed by atoms with E-state index in [0.717, 1.165) is 22.4 Å². The van der Waals surface area contributed by atoms with Crippen molar-refractivity contribution in [3.05, 3.63) is 102 Å². The molecule has 0 radical (unpaired) electrons. The van der Waals surface area contributed by atoms with Gasteiger partial charge < -0.3 is 19.5 Å². The molecule has 5 nitrogen and oxygen atoms in total. The molecule has 3 aromatic carbocycles. The van der Waals surface area contributed by atoms with Gasteiger partial charge in [-0.3, -0.25) is 4.79 Å². The minimum Gasteiger partial charge on any atom is -0.389 e. The first-order valence-corrected chi connectivity index (χ1v) is 11.4. The Hall–Kier alpha value is -2.99. The van der Waals surface area contributed by atoms with Gasteiger partial charge in [-0.05, 0) is 43.0 Å². The second kappa shape index (κ2) is 8.41. The summed E-state index contributed by atoms with van der Waals surface area (Å²) >= 11 is 0. The van der Waals surface area contributed by atoms with Crippen molar-refractivity contribution in [3.8, 4) is 0 Å². The monoisotopic (exact) mass is 443 g/mol. The SMILES string of the molecule is CC1(C)OC[C@H]([C@@H](O)[C@@]2(Cc3ccccc3)C(=O)N(Cc3ccccc3)c3ccccc32)O1. The molecule has 0 saturated carbocycles. The third-order valence-electron chi connectivity index (χ3n) is 6.70. The molecule has 3 atom stereocenters. The lowest BCUT2D eigenvalue weighted by Gasteiger charge is -2.36. The molecular formula is C28H29NO4. The van der Waals surface area contributed by atoms with Gasteiger partial charge in [-0.2, -0.15) is 0 Å². The van der Waals surface area contributed by atoms with Gasteiger partial charge >= 0.3 is 0 Å². The van der Waals surface area contributed by atoms with Crippen molar-refractivity contribution in [1.29, 1.82) is 0 Å². The number of hydrogen-bond acceptors (Lipinski definition) is 4. The lowest BCUT2D eigenvalue weighted by atomic mass is 9.70. The summed E-state index contributed by atoms with van der Waals surface area (Å²) in [6.07, 6.45) is -1.32. The van der Waals surface area contributed by atoms with E-state index in [0.29, 0.717) is 13.0 Å². The molecule has 3 aromatic rings. The summed E-state index contributed by atoms with van der Waals surface area (Å²) in [6.45, 7) is 4.33. The van der Waals surface area contributed by atoms with E-state index in [1.54, 1.807) is 4.90 Å². The molecule has 170 valence electrons. The molecule has 2 heterocycles. The van der Waals surface area contributed by atoms with Crippen molar-refractivity contribution in [2.45, 2.75) is 50.2 Å². The number of hydrogen-bond donors (Lipinski definition) is 1. The van der Waals surface area contributed by atoms with Crippen LogP contribution in [0.1, 0.15) is 30.5 Å². The number of carbonyl (C=O) groups excluding carboxylic acids is 1. The third-order valence-corrected chi connectivity index (χ3v) is 6.70. The Morgan fingerprint density at radius 1 is 0.939 bits per heavy atom. The number of ether oxygens (including phenoxy) is 2. The van der Waals surface area contributed by atoms with Crippen molar-refractivity contribution >= 4 is 11.6 Å². The van der Waals surface area contributed by atoms with Crippen molar-refractivity contribution < 1.29 is 19.4 Å². The second-order valence-corrected chi connectivity index (χ2v) is 9.34. The zero-order valence-corrected chi connectivity index (χ0v) is 19.0. The van der Waals surface area contributed by atoms with Gasteiger partial charge in [0.15, 0.2) is 5.79 Å². The first-order chi connectivity index (χ1) is 15.9. The largest absolute Gasteiger partial charge is 0.389 e. The normalized spacial score (nSPS) is 24.6. The van der Waals surface area contributed by atoms with Gasteiger partial charge in [0.05, 0.1) is 13.2 Å². The number of aliphatic hydroxyl groups excluding tert-OH is 1. The summed E-state index contributed by atoms with van der Waals surface area (Å²) in [5.41, 5.74) is 2.50. The van der Waals surface area contributed by atoms with E-state index in [2.05, 4.69) is 0 Å². The highest BCUT2D eigenvalue weighted by atomic mass is 16.7. The minimum absolute atomic E-state index is 0.114. The topological polar surface area (TPSA) is 59.0 Å². The molecule has 1 fully saturated rings. The van der Waals surface area contributed by atoms with E-state index in [-0.39, 0.29) is 12.5 Å². The Morgan fingerprint density at radius 3 is 2.18 bits per heavy atom. The first kappa shape index (κ1) is 21.8. The number of para-hydroxylation sites is 1. The van der Waals surface area contributed by atoms with Gasteiger partial charge in [-0.1, -0.05) is 78.9 Å². The maximum Gasteiger partial charge on any atom is 0.241 e. The van der Waals surface area contributed by atoms with Crippen LogP contribution in [0.2, 0.25) is 0 Å². The fourth-order valence-corrected chi connectivity index (χ4v) is 5.14. The third kappa shape index (κ3) is 3.86. The Morgan fingerprint density at radius 2 is 1.55 bits per heavy atom. The van der Waals surface area contributed by atoms with Crippen LogP contribution in [0.4, 0.5) is 5.69 Å². The summed E-state index contributed by atoms with van der Waals surface area (Å²) in [4.78, 5) is 16.1. The van der Waals surface area contributed by atoms with Crippen LogP contribution in [0.15, 0.2) is 84.9 Å². The summed E-state index contributed by atoms with van der Waals surface area (Å²) in [5.74, 6) is -0.915. The fraction of sp³-hybridized carbons (Fsp3) is 0.321. The lowest BCUT2D eigenvalue weighted by molar-refractivity contribution is -0.161. The lowest BCUT2D eigenvalue weighted by Crippen LogP contribution is -2.55. The number of amides is 1. The predicted molar refractivity (Wildman–Crippen MR) is 127 cm³/mol. The number of anilines is 1. The van der Waals surface area contributed by atoms with Crippen LogP contribution in [0.25, 0.3) is 0 Å². The first-order valence-electron chi connectivity index (χ1n) is 11.4. The van der Waals surface area contributed by atoms with Crippen LogP contribution < -0.4 is 4.90 Å². The van der Waals surface area contributed by atoms with E-state index in [4.69, 9.17) is 9.47 Å². The number of carbonyl (C=O) groups is 1. The van der Waals surface area contributed by atoms with Crippen LogP contribution in [0, 0.1) is 0 Å². The van der Waals surface area contributed by atoms with Crippen molar-refractivity contribution in [3.63, 3.8) is 0 Å². The molecule has 1 amide bonds. The molecule has 2 aliphatic rings. The quantitative estimate of drug-likeness (QED) is 0.620. The number of nitrogens with zero attached hydrogens (tertiary/aromatic N) is 1. The predicted octanol–water partition coefficient (Wildman–Crippen LogP) is 4.23. The zero-order chi connectivity index (χ0) is 23.1. The average Bonchev–Trinajstić information content (AvgIpc) is 3.31. The zero-order valence-electron chi connectivity index (χ0n) is 19.0. The molecule has 0 bridgehead atoms. The fourth-order valence-electron chi connectivity index (χ4n) is 5.14. The van der Waals surface area contributed by atoms with Crippen LogP contribution in [0.5, 0.6) is 0 Å². The van der Waals surface area contributed by atoms with Crippen LogP contribution >= 0.6 is 0 Å². The second-order valence-electron chi connectivity index (χ2n) is 9.34. The Labute approximate surface area is 194 Å². The van der Waals surface area contributed by atoms with E-state index in [1.165, 1.54) is 0 Å². The Balaban J connectivity index is 1.62. The number of fused-ring (bicyclic) bond motifs is 1. The van der Waals surface area contributed by atoms with Crippen molar-refractivity contribution in [1.82, 2.24) is 0 Å². The molecular weight excluding hydrogens is 414 g/mol. The molecule has 5 rings (SSSR count). The van der Waals surface area contributed by atoms with Gasteiger partial charge in [0.1, 0.15) is 17.6 Å². The highest BCUT2D eigenvalue weighted by Crippen LogP contribution is 2.48. The van der Waals surface area contributed by atoms with E-state index in [1.807, 2.05) is 98.8 Å². The van der Waals surface area contributed by atoms with E-state index < -0.39 is 23.4 Å². The number of aliphatic hydroxyl groups is 1. The summed E-state index contributed by atoms with van der Waals surface area (Å²) < 4.78 is 11.8. The molecule has 2 aliphatic heterocycles. The maximum absolute atomic E-state index is 14.3. The van der Waals surface area contributed by atoms with Crippen molar-refractivity contribution in [2.75, 3.05) is 11.5 Å². The molecule has 0 unspecified atom stereocenters. The average molecular weight is 444 g/mol. The van der Waals surface area contributed by atoms with Crippen LogP contribution in [-0.2, 0) is 32.6 Å². The summed E-state index contributed by atoms with van der Waals surface area (Å²) in [6, 6.07) is 27.6. The highest BCUT2D eigenvalue weighted by Gasteiger charge is 2.58. The van der Waals surface area contributed by atoms with Crippen LogP contribution in [-0.4, -0.2) is 35.6 Å². The molecule has 0 spiro atoms. The molecule has 5 heteroatoms. The molecule has 1 saturated heterocycles.